The van der Waals surface area contributed by atoms with E-state index in [2.05, 4.69) is 10.5 Å². The van der Waals surface area contributed by atoms with Crippen LogP contribution in [0.25, 0.3) is 0 Å². The van der Waals surface area contributed by atoms with E-state index in [1.165, 1.54) is 13.0 Å². The second kappa shape index (κ2) is 5.74. The van der Waals surface area contributed by atoms with E-state index in [1.807, 2.05) is 0 Å². The molecule has 6 nitrogen and oxygen atoms in total. The van der Waals surface area contributed by atoms with Crippen molar-refractivity contribution < 1.29 is 9.72 Å². The van der Waals surface area contributed by atoms with Crippen LogP contribution in [0.15, 0.2) is 29.4 Å². The van der Waals surface area contributed by atoms with Crippen molar-refractivity contribution in [2.24, 2.45) is 5.10 Å². The van der Waals surface area contributed by atoms with Crippen LogP contribution in [0, 0.1) is 10.1 Å². The molecule has 0 aliphatic heterocycles. The number of hydrogen-bond donors (Lipinski definition) is 1. The van der Waals surface area contributed by atoms with Crippen LogP contribution in [-0.4, -0.2) is 16.4 Å². The Balaban J connectivity index is 2.82. The quantitative estimate of drug-likeness (QED) is 0.482. The Labute approximate surface area is 98.5 Å². The van der Waals surface area contributed by atoms with Gasteiger partial charge in [-0.1, -0.05) is 12.1 Å². The summed E-state index contributed by atoms with van der Waals surface area (Å²) in [6.07, 6.45) is 0.230. The van der Waals surface area contributed by atoms with Gasteiger partial charge in [-0.15, -0.1) is 0 Å². The molecule has 1 rings (SSSR count). The number of anilines is 1. The summed E-state index contributed by atoms with van der Waals surface area (Å²) in [5.41, 5.74) is 3.43. The Morgan fingerprint density at radius 1 is 1.41 bits per heavy atom. The van der Waals surface area contributed by atoms with E-state index >= 15 is 0 Å². The zero-order valence-electron chi connectivity index (χ0n) is 9.64. The van der Waals surface area contributed by atoms with Gasteiger partial charge in [-0.2, -0.15) is 5.10 Å². The van der Waals surface area contributed by atoms with Gasteiger partial charge in [0.2, 0.25) is 0 Å². The first-order valence-electron chi connectivity index (χ1n) is 5.02. The van der Waals surface area contributed by atoms with Gasteiger partial charge in [-0.3, -0.25) is 20.3 Å². The Hall–Kier alpha value is -2.24. The summed E-state index contributed by atoms with van der Waals surface area (Å²) in [7, 11) is 0. The second-order valence-electron chi connectivity index (χ2n) is 3.61. The molecule has 0 aliphatic carbocycles. The van der Waals surface area contributed by atoms with Crippen molar-refractivity contribution in [3.05, 3.63) is 34.4 Å². The third-order valence-corrected chi connectivity index (χ3v) is 1.97. The van der Waals surface area contributed by atoms with E-state index in [1.54, 1.807) is 25.1 Å². The summed E-state index contributed by atoms with van der Waals surface area (Å²) >= 11 is 0. The number of rotatable bonds is 5. The summed E-state index contributed by atoms with van der Waals surface area (Å²) in [5, 5.41) is 14.6. The lowest BCUT2D eigenvalue weighted by Crippen LogP contribution is -2.04. The molecular formula is C11H13N3O3. The van der Waals surface area contributed by atoms with Crippen LogP contribution in [0.3, 0.4) is 0 Å². The summed E-state index contributed by atoms with van der Waals surface area (Å²) in [6.45, 7) is 3.15. The molecule has 0 amide bonds. The van der Waals surface area contributed by atoms with Crippen molar-refractivity contribution in [3.63, 3.8) is 0 Å². The minimum absolute atomic E-state index is 0.00406. The van der Waals surface area contributed by atoms with Crippen molar-refractivity contribution in [3.8, 4) is 0 Å². The number of hydrogen-bond acceptors (Lipinski definition) is 5. The maximum Gasteiger partial charge on any atom is 0.294 e. The number of nitro groups is 1. The number of nitrogens with zero attached hydrogens (tertiary/aromatic N) is 2. The molecule has 90 valence electrons. The first-order chi connectivity index (χ1) is 8.00. The standard InChI is InChI=1S/C11H13N3O3/c1-8(7-9(2)15)12-13-10-5-3-4-6-11(10)14(16)17/h3-6,13H,7H2,1-2H3/b12-8-. The van der Waals surface area contributed by atoms with Crippen LogP contribution in [0.1, 0.15) is 20.3 Å². The van der Waals surface area contributed by atoms with Crippen molar-refractivity contribution >= 4 is 22.9 Å². The third-order valence-electron chi connectivity index (χ3n) is 1.97. The number of Topliss-reactive ketones (excluding diaryl/α,β-unsaturated/α-hetero) is 1. The van der Waals surface area contributed by atoms with E-state index in [0.29, 0.717) is 11.4 Å². The molecule has 0 fully saturated rings. The van der Waals surface area contributed by atoms with Crippen molar-refractivity contribution in [2.75, 3.05) is 5.43 Å². The molecule has 0 bridgehead atoms. The lowest BCUT2D eigenvalue weighted by molar-refractivity contribution is -0.384. The van der Waals surface area contributed by atoms with Crippen molar-refractivity contribution in [1.29, 1.82) is 0 Å². The fraction of sp³-hybridized carbons (Fsp3) is 0.273. The minimum atomic E-state index is -0.488. The Morgan fingerprint density at radius 3 is 2.65 bits per heavy atom. The number of carbonyl (C=O) groups is 1. The topological polar surface area (TPSA) is 84.6 Å². The molecule has 0 aromatic heterocycles. The molecule has 1 N–H and O–H groups in total. The average Bonchev–Trinajstić information content (AvgIpc) is 2.25. The summed E-state index contributed by atoms with van der Waals surface area (Å²) in [6, 6.07) is 6.20. The molecule has 0 aliphatic rings. The second-order valence-corrected chi connectivity index (χ2v) is 3.61. The maximum absolute atomic E-state index is 10.8. The highest BCUT2D eigenvalue weighted by atomic mass is 16.6. The van der Waals surface area contributed by atoms with E-state index in [0.717, 1.165) is 0 Å². The zero-order chi connectivity index (χ0) is 12.8. The van der Waals surface area contributed by atoms with Gasteiger partial charge in [0.15, 0.2) is 0 Å². The molecule has 6 heteroatoms. The molecule has 0 saturated heterocycles. The molecule has 0 atom stereocenters. The normalized spacial score (nSPS) is 11.1. The van der Waals surface area contributed by atoms with Crippen LogP contribution >= 0.6 is 0 Å². The smallest absolute Gasteiger partial charge is 0.294 e. The average molecular weight is 235 g/mol. The molecule has 0 spiro atoms. The van der Waals surface area contributed by atoms with Gasteiger partial charge in [0.25, 0.3) is 5.69 Å². The van der Waals surface area contributed by atoms with Gasteiger partial charge >= 0.3 is 0 Å². The Bertz CT molecular complexity index is 469. The van der Waals surface area contributed by atoms with Gasteiger partial charge in [0.1, 0.15) is 11.5 Å². The number of ketones is 1. The number of para-hydroxylation sites is 2. The molecular weight excluding hydrogens is 222 g/mol. The molecule has 17 heavy (non-hydrogen) atoms. The monoisotopic (exact) mass is 235 g/mol. The first-order valence-corrected chi connectivity index (χ1v) is 5.02. The fourth-order valence-electron chi connectivity index (χ4n) is 1.28. The number of nitro benzene ring substituents is 1. The van der Waals surface area contributed by atoms with Gasteiger partial charge < -0.3 is 0 Å². The highest BCUT2D eigenvalue weighted by Gasteiger charge is 2.11. The zero-order valence-corrected chi connectivity index (χ0v) is 9.64. The summed E-state index contributed by atoms with van der Waals surface area (Å²) in [5.74, 6) is -0.00406. The van der Waals surface area contributed by atoms with Crippen LogP contribution in [-0.2, 0) is 4.79 Å². The summed E-state index contributed by atoms with van der Waals surface area (Å²) in [4.78, 5) is 21.0. The SMILES string of the molecule is CC(=O)C/C(C)=N\Nc1ccccc1[N+](=O)[O-]. The van der Waals surface area contributed by atoms with Gasteiger partial charge in [-0.25, -0.2) is 0 Å². The number of carbonyl (C=O) groups excluding carboxylic acids is 1. The van der Waals surface area contributed by atoms with Crippen LogP contribution < -0.4 is 5.43 Å². The Kier molecular flexibility index (Phi) is 4.33. The fourth-order valence-corrected chi connectivity index (χ4v) is 1.28. The minimum Gasteiger partial charge on any atom is -0.300 e. The lowest BCUT2D eigenvalue weighted by Gasteiger charge is -2.02. The maximum atomic E-state index is 10.8. The van der Waals surface area contributed by atoms with E-state index < -0.39 is 4.92 Å². The lowest BCUT2D eigenvalue weighted by atomic mass is 10.2. The highest BCUT2D eigenvalue weighted by molar-refractivity contribution is 6.00. The number of nitrogens with one attached hydrogen (secondary N) is 1. The molecule has 0 heterocycles. The predicted molar refractivity (Wildman–Crippen MR) is 65.1 cm³/mol. The van der Waals surface area contributed by atoms with Crippen LogP contribution in [0.2, 0.25) is 0 Å². The number of benzene rings is 1. The van der Waals surface area contributed by atoms with Gasteiger partial charge in [0.05, 0.1) is 4.92 Å². The third kappa shape index (κ3) is 4.02. The molecule has 1 aromatic carbocycles. The largest absolute Gasteiger partial charge is 0.300 e. The highest BCUT2D eigenvalue weighted by Crippen LogP contribution is 2.22. The van der Waals surface area contributed by atoms with Crippen LogP contribution in [0.5, 0.6) is 0 Å². The van der Waals surface area contributed by atoms with Crippen molar-refractivity contribution in [1.82, 2.24) is 0 Å². The van der Waals surface area contributed by atoms with E-state index in [4.69, 9.17) is 0 Å². The van der Waals surface area contributed by atoms with E-state index in [-0.39, 0.29) is 17.9 Å². The molecule has 0 radical (unpaired) electrons. The first kappa shape index (κ1) is 12.8. The Morgan fingerprint density at radius 2 is 2.06 bits per heavy atom. The molecule has 0 unspecified atom stereocenters. The van der Waals surface area contributed by atoms with Gasteiger partial charge in [0, 0.05) is 18.2 Å². The van der Waals surface area contributed by atoms with E-state index in [9.17, 15) is 14.9 Å². The predicted octanol–water partition coefficient (Wildman–Crippen LogP) is 2.36. The van der Waals surface area contributed by atoms with Crippen molar-refractivity contribution in [2.45, 2.75) is 20.3 Å². The van der Waals surface area contributed by atoms with Crippen LogP contribution in [0.4, 0.5) is 11.4 Å². The molecule has 1 aromatic rings. The number of hydrazone groups is 1. The van der Waals surface area contributed by atoms with Gasteiger partial charge in [-0.05, 0) is 19.9 Å². The summed E-state index contributed by atoms with van der Waals surface area (Å²) < 4.78 is 0. The molecule has 0 saturated carbocycles.